The Balaban J connectivity index is 1.81. The highest BCUT2D eigenvalue weighted by molar-refractivity contribution is 6.01. The van der Waals surface area contributed by atoms with Crippen LogP contribution in [0.25, 0.3) is 10.8 Å². The van der Waals surface area contributed by atoms with Crippen molar-refractivity contribution in [3.05, 3.63) is 83.4 Å². The Bertz CT molecular complexity index is 919. The van der Waals surface area contributed by atoms with Gasteiger partial charge in [-0.1, -0.05) is 66.7 Å². The molecule has 26 heavy (non-hydrogen) atoms. The first-order chi connectivity index (χ1) is 12.7. The lowest BCUT2D eigenvalue weighted by atomic mass is 9.99. The standard InChI is InChI=1S/C22H23N3O/c1-24-14-17-11-12-18(20-10-6-5-9-19(17)20)15-25-21(22(23)26)13-16-7-3-2-4-8-16/h2-12,14,21,25H,13,15H2,1H3,(H2,23,26). The molecule has 0 heterocycles. The summed E-state index contributed by atoms with van der Waals surface area (Å²) in [7, 11) is 1.77. The zero-order valence-corrected chi connectivity index (χ0v) is 14.9. The quantitative estimate of drug-likeness (QED) is 0.646. The van der Waals surface area contributed by atoms with Gasteiger partial charge in [-0.2, -0.15) is 0 Å². The highest BCUT2D eigenvalue weighted by atomic mass is 16.1. The van der Waals surface area contributed by atoms with Gasteiger partial charge in [0.25, 0.3) is 0 Å². The van der Waals surface area contributed by atoms with Gasteiger partial charge in [0.15, 0.2) is 0 Å². The molecule has 1 amide bonds. The first-order valence-corrected chi connectivity index (χ1v) is 8.68. The Morgan fingerprint density at radius 2 is 1.73 bits per heavy atom. The lowest BCUT2D eigenvalue weighted by Gasteiger charge is -2.17. The van der Waals surface area contributed by atoms with Crippen molar-refractivity contribution in [3.63, 3.8) is 0 Å². The van der Waals surface area contributed by atoms with Crippen LogP contribution in [0.2, 0.25) is 0 Å². The molecule has 132 valence electrons. The third kappa shape index (κ3) is 4.16. The summed E-state index contributed by atoms with van der Waals surface area (Å²) in [5.41, 5.74) is 8.91. The summed E-state index contributed by atoms with van der Waals surface area (Å²) in [6.07, 6.45) is 2.44. The van der Waals surface area contributed by atoms with Gasteiger partial charge in [0, 0.05) is 25.4 Å². The van der Waals surface area contributed by atoms with E-state index in [-0.39, 0.29) is 5.91 Å². The minimum absolute atomic E-state index is 0.340. The fourth-order valence-electron chi connectivity index (χ4n) is 3.15. The molecule has 1 unspecified atom stereocenters. The zero-order chi connectivity index (χ0) is 18.4. The van der Waals surface area contributed by atoms with Crippen molar-refractivity contribution >= 4 is 22.9 Å². The van der Waals surface area contributed by atoms with Crippen LogP contribution in [0.4, 0.5) is 0 Å². The predicted octanol–water partition coefficient (Wildman–Crippen LogP) is 3.07. The fourth-order valence-corrected chi connectivity index (χ4v) is 3.15. The maximum absolute atomic E-state index is 11.9. The molecule has 0 aliphatic carbocycles. The SMILES string of the molecule is CN=Cc1ccc(CNC(Cc2ccccc2)C(N)=O)c2ccccc12. The van der Waals surface area contributed by atoms with Crippen LogP contribution in [0.5, 0.6) is 0 Å². The Morgan fingerprint density at radius 3 is 2.42 bits per heavy atom. The number of nitrogens with one attached hydrogen (secondary N) is 1. The van der Waals surface area contributed by atoms with Crippen molar-refractivity contribution < 1.29 is 4.79 Å². The molecule has 0 aromatic heterocycles. The van der Waals surface area contributed by atoms with Crippen LogP contribution in [-0.2, 0) is 17.8 Å². The number of carbonyl (C=O) groups is 1. The average molecular weight is 345 g/mol. The maximum atomic E-state index is 11.9. The number of primary amides is 1. The number of nitrogens with two attached hydrogens (primary N) is 1. The molecule has 1 atom stereocenters. The molecule has 0 bridgehead atoms. The molecule has 0 saturated heterocycles. The number of hydrogen-bond donors (Lipinski definition) is 2. The molecule has 0 spiro atoms. The van der Waals surface area contributed by atoms with Crippen LogP contribution < -0.4 is 11.1 Å². The van der Waals surface area contributed by atoms with E-state index in [0.717, 1.165) is 27.5 Å². The fraction of sp³-hybridized carbons (Fsp3) is 0.182. The zero-order valence-electron chi connectivity index (χ0n) is 14.9. The smallest absolute Gasteiger partial charge is 0.234 e. The molecule has 0 saturated carbocycles. The van der Waals surface area contributed by atoms with Gasteiger partial charge >= 0.3 is 0 Å². The third-order valence-electron chi connectivity index (χ3n) is 4.48. The monoisotopic (exact) mass is 345 g/mol. The van der Waals surface area contributed by atoms with Crippen LogP contribution in [0.1, 0.15) is 16.7 Å². The Kier molecular flexibility index (Phi) is 5.77. The van der Waals surface area contributed by atoms with E-state index in [1.54, 1.807) is 7.05 Å². The summed E-state index contributed by atoms with van der Waals surface area (Å²) in [6, 6.07) is 21.9. The van der Waals surface area contributed by atoms with Crippen LogP contribution in [0, 0.1) is 0 Å². The molecule has 0 aliphatic rings. The van der Waals surface area contributed by atoms with Gasteiger partial charge in [-0.25, -0.2) is 0 Å². The molecule has 3 aromatic rings. The Morgan fingerprint density at radius 1 is 1.04 bits per heavy atom. The molecule has 3 N–H and O–H groups in total. The van der Waals surface area contributed by atoms with Crippen molar-refractivity contribution in [1.29, 1.82) is 0 Å². The number of nitrogens with zero attached hydrogens (tertiary/aromatic N) is 1. The van der Waals surface area contributed by atoms with Gasteiger partial charge in [-0.3, -0.25) is 9.79 Å². The van der Waals surface area contributed by atoms with E-state index in [0.29, 0.717) is 13.0 Å². The topological polar surface area (TPSA) is 67.5 Å². The summed E-state index contributed by atoms with van der Waals surface area (Å²) < 4.78 is 0. The maximum Gasteiger partial charge on any atom is 0.234 e. The van der Waals surface area contributed by atoms with Gasteiger partial charge in [0.2, 0.25) is 5.91 Å². The van der Waals surface area contributed by atoms with Gasteiger partial charge in [0.05, 0.1) is 6.04 Å². The normalized spacial score (nSPS) is 12.5. The summed E-state index contributed by atoms with van der Waals surface area (Å²) >= 11 is 0. The van der Waals surface area contributed by atoms with E-state index in [1.807, 2.05) is 48.7 Å². The summed E-state index contributed by atoms with van der Waals surface area (Å²) in [6.45, 7) is 0.574. The minimum Gasteiger partial charge on any atom is -0.368 e. The molecule has 3 aromatic carbocycles. The van der Waals surface area contributed by atoms with Crippen LogP contribution in [0.15, 0.2) is 71.7 Å². The lowest BCUT2D eigenvalue weighted by Crippen LogP contribution is -2.42. The second-order valence-electron chi connectivity index (χ2n) is 6.27. The van der Waals surface area contributed by atoms with Gasteiger partial charge in [0.1, 0.15) is 0 Å². The summed E-state index contributed by atoms with van der Waals surface area (Å²) in [4.78, 5) is 16.0. The van der Waals surface area contributed by atoms with Crippen molar-refractivity contribution in [2.45, 2.75) is 19.0 Å². The number of carbonyl (C=O) groups excluding carboxylic acids is 1. The van der Waals surface area contributed by atoms with Gasteiger partial charge in [-0.15, -0.1) is 0 Å². The van der Waals surface area contributed by atoms with Crippen LogP contribution in [0.3, 0.4) is 0 Å². The predicted molar refractivity (Wildman–Crippen MR) is 107 cm³/mol. The number of amides is 1. The number of benzene rings is 3. The summed E-state index contributed by atoms with van der Waals surface area (Å²) in [5.74, 6) is -0.340. The number of aliphatic imine (C=N–C) groups is 1. The van der Waals surface area contributed by atoms with E-state index in [4.69, 9.17) is 5.73 Å². The van der Waals surface area contributed by atoms with E-state index in [2.05, 4.69) is 34.6 Å². The summed E-state index contributed by atoms with van der Waals surface area (Å²) in [5, 5.41) is 5.62. The van der Waals surface area contributed by atoms with Crippen LogP contribution in [-0.4, -0.2) is 25.2 Å². The van der Waals surface area contributed by atoms with Gasteiger partial charge in [-0.05, 0) is 28.3 Å². The van der Waals surface area contributed by atoms with Crippen molar-refractivity contribution in [1.82, 2.24) is 5.32 Å². The van der Waals surface area contributed by atoms with Gasteiger partial charge < -0.3 is 11.1 Å². The van der Waals surface area contributed by atoms with Crippen molar-refractivity contribution in [2.24, 2.45) is 10.7 Å². The molecule has 3 rings (SSSR count). The molecule has 0 aliphatic heterocycles. The third-order valence-corrected chi connectivity index (χ3v) is 4.48. The van der Waals surface area contributed by atoms with E-state index in [9.17, 15) is 4.79 Å². The number of rotatable bonds is 7. The first-order valence-electron chi connectivity index (χ1n) is 8.68. The second-order valence-corrected chi connectivity index (χ2v) is 6.27. The highest BCUT2D eigenvalue weighted by Crippen LogP contribution is 2.22. The lowest BCUT2D eigenvalue weighted by molar-refractivity contribution is -0.120. The number of fused-ring (bicyclic) bond motifs is 1. The molecule has 0 fully saturated rings. The van der Waals surface area contributed by atoms with E-state index < -0.39 is 6.04 Å². The van der Waals surface area contributed by atoms with Crippen molar-refractivity contribution in [3.8, 4) is 0 Å². The largest absolute Gasteiger partial charge is 0.368 e. The Labute approximate surface area is 153 Å². The highest BCUT2D eigenvalue weighted by Gasteiger charge is 2.16. The molecule has 0 radical (unpaired) electrons. The Hall–Kier alpha value is -2.98. The van der Waals surface area contributed by atoms with E-state index >= 15 is 0 Å². The molecular formula is C22H23N3O. The number of hydrogen-bond acceptors (Lipinski definition) is 3. The molecule has 4 heteroatoms. The average Bonchev–Trinajstić information content (AvgIpc) is 2.67. The van der Waals surface area contributed by atoms with Crippen molar-refractivity contribution in [2.75, 3.05) is 7.05 Å². The van der Waals surface area contributed by atoms with Crippen LogP contribution >= 0.6 is 0 Å². The van der Waals surface area contributed by atoms with E-state index in [1.165, 1.54) is 0 Å². The molecular weight excluding hydrogens is 322 g/mol. The second kappa shape index (κ2) is 8.41. The molecule has 4 nitrogen and oxygen atoms in total. The minimum atomic E-state index is -0.409. The first kappa shape index (κ1) is 17.8.